The van der Waals surface area contributed by atoms with E-state index in [9.17, 15) is 9.59 Å². The first-order valence-electron chi connectivity index (χ1n) is 9.05. The summed E-state index contributed by atoms with van der Waals surface area (Å²) in [6.07, 6.45) is 5.29. The molecule has 0 aromatic heterocycles. The van der Waals surface area contributed by atoms with Gasteiger partial charge in [-0.05, 0) is 44.3 Å². The van der Waals surface area contributed by atoms with Crippen LogP contribution in [0.4, 0.5) is 0 Å². The monoisotopic (exact) mass is 329 g/mol. The van der Waals surface area contributed by atoms with Crippen LogP contribution in [0.2, 0.25) is 0 Å². The lowest BCUT2D eigenvalue weighted by atomic mass is 9.65. The van der Waals surface area contributed by atoms with Gasteiger partial charge in [0, 0.05) is 18.9 Å². The molecule has 0 N–H and O–H groups in total. The number of hydrogen-bond donors (Lipinski definition) is 0. The Morgan fingerprint density at radius 3 is 2.58 bits per heavy atom. The zero-order valence-electron chi connectivity index (χ0n) is 14.5. The molecule has 0 spiro atoms. The quantitative estimate of drug-likeness (QED) is 0.797. The van der Waals surface area contributed by atoms with Gasteiger partial charge in [-0.3, -0.25) is 9.59 Å². The minimum atomic E-state index is -0.676. The Balaban J connectivity index is 1.84. The maximum Gasteiger partial charge on any atom is 0.316 e. The van der Waals surface area contributed by atoms with Crippen molar-refractivity contribution in [2.24, 2.45) is 5.92 Å². The molecule has 0 bridgehead atoms. The Bertz CT molecular complexity index is 580. The van der Waals surface area contributed by atoms with Gasteiger partial charge in [0.25, 0.3) is 0 Å². The van der Waals surface area contributed by atoms with Gasteiger partial charge in [0.15, 0.2) is 0 Å². The second kappa shape index (κ2) is 7.47. The van der Waals surface area contributed by atoms with Gasteiger partial charge in [-0.25, -0.2) is 0 Å². The fourth-order valence-corrected chi connectivity index (χ4v) is 4.32. The number of methoxy groups -OCH3 is 1. The van der Waals surface area contributed by atoms with E-state index in [0.717, 1.165) is 25.2 Å². The van der Waals surface area contributed by atoms with Gasteiger partial charge in [-0.2, -0.15) is 0 Å². The fourth-order valence-electron chi connectivity index (χ4n) is 4.32. The zero-order valence-corrected chi connectivity index (χ0v) is 14.5. The fraction of sp³-hybridized carbons (Fsp3) is 0.600. The zero-order chi connectivity index (χ0) is 17.0. The van der Waals surface area contributed by atoms with Crippen LogP contribution in [0.15, 0.2) is 30.3 Å². The molecule has 1 aromatic carbocycles. The molecule has 2 aliphatic rings. The Kier molecular flexibility index (Phi) is 5.34. The Labute approximate surface area is 144 Å². The number of likely N-dealkylation sites (tertiary alicyclic amines) is 1. The second-order valence-electron chi connectivity index (χ2n) is 7.17. The van der Waals surface area contributed by atoms with Crippen molar-refractivity contribution in [3.8, 4) is 0 Å². The highest BCUT2D eigenvalue weighted by molar-refractivity contribution is 5.89. The first-order valence-corrected chi connectivity index (χ1v) is 9.05. The second-order valence-corrected chi connectivity index (χ2v) is 7.17. The Morgan fingerprint density at radius 2 is 1.92 bits per heavy atom. The van der Waals surface area contributed by atoms with Crippen LogP contribution in [0, 0.1) is 5.92 Å². The topological polar surface area (TPSA) is 46.6 Å². The molecule has 1 aromatic rings. The van der Waals surface area contributed by atoms with E-state index in [-0.39, 0.29) is 11.9 Å². The third-order valence-corrected chi connectivity index (χ3v) is 5.68. The van der Waals surface area contributed by atoms with Crippen molar-refractivity contribution in [2.45, 2.75) is 43.9 Å². The lowest BCUT2D eigenvalue weighted by Gasteiger charge is -2.40. The van der Waals surface area contributed by atoms with Crippen LogP contribution in [0.25, 0.3) is 0 Å². The van der Waals surface area contributed by atoms with Crippen LogP contribution in [0.1, 0.15) is 44.1 Å². The molecule has 1 aliphatic carbocycles. The average Bonchev–Trinajstić information content (AvgIpc) is 2.64. The average molecular weight is 329 g/mol. The highest BCUT2D eigenvalue weighted by atomic mass is 16.5. The number of benzene rings is 1. The van der Waals surface area contributed by atoms with Crippen LogP contribution < -0.4 is 0 Å². The van der Waals surface area contributed by atoms with Crippen LogP contribution in [-0.4, -0.2) is 43.4 Å². The first-order chi connectivity index (χ1) is 11.7. The molecule has 1 saturated carbocycles. The summed E-state index contributed by atoms with van der Waals surface area (Å²) < 4.78 is 5.16. The number of piperidine rings is 1. The van der Waals surface area contributed by atoms with Gasteiger partial charge in [0.05, 0.1) is 12.5 Å². The third kappa shape index (κ3) is 3.39. The lowest BCUT2D eigenvalue weighted by Crippen LogP contribution is -2.48. The minimum absolute atomic E-state index is 0.0730. The highest BCUT2D eigenvalue weighted by Gasteiger charge is 2.48. The molecular formula is C20H27NO3. The van der Waals surface area contributed by atoms with Crippen molar-refractivity contribution < 1.29 is 14.3 Å². The predicted molar refractivity (Wildman–Crippen MR) is 92.8 cm³/mol. The number of ether oxygens (including phenoxy) is 1. The molecule has 1 aliphatic heterocycles. The van der Waals surface area contributed by atoms with Gasteiger partial charge < -0.3 is 9.64 Å². The van der Waals surface area contributed by atoms with Crippen molar-refractivity contribution in [2.75, 3.05) is 26.7 Å². The van der Waals surface area contributed by atoms with E-state index in [1.54, 1.807) is 0 Å². The molecule has 0 amide bonds. The summed E-state index contributed by atoms with van der Waals surface area (Å²) in [4.78, 5) is 27.6. The normalized spacial score (nSPS) is 28.5. The molecule has 4 heteroatoms. The molecule has 1 saturated heterocycles. The first kappa shape index (κ1) is 17.2. The van der Waals surface area contributed by atoms with Crippen molar-refractivity contribution in [1.29, 1.82) is 0 Å². The van der Waals surface area contributed by atoms with Crippen LogP contribution >= 0.6 is 0 Å². The predicted octanol–water partition coefficient (Wildman–Crippen LogP) is 2.95. The van der Waals surface area contributed by atoms with E-state index in [0.29, 0.717) is 25.0 Å². The van der Waals surface area contributed by atoms with E-state index in [1.165, 1.54) is 26.4 Å². The molecule has 2 fully saturated rings. The van der Waals surface area contributed by atoms with Crippen molar-refractivity contribution >= 4 is 11.8 Å². The maximum absolute atomic E-state index is 12.7. The molecule has 2 atom stereocenters. The van der Waals surface area contributed by atoms with Gasteiger partial charge in [-0.15, -0.1) is 0 Å². The SMILES string of the molecule is COC(=O)C1(c2ccccc2)CCC(=O)C(CN2CCCCC2)C1. The number of Topliss-reactive ketones (excluding diaryl/α,β-unsaturated/α-hetero) is 1. The van der Waals surface area contributed by atoms with Gasteiger partial charge in [-0.1, -0.05) is 36.8 Å². The molecule has 4 nitrogen and oxygen atoms in total. The number of rotatable bonds is 4. The summed E-state index contributed by atoms with van der Waals surface area (Å²) in [7, 11) is 1.45. The van der Waals surface area contributed by atoms with Crippen molar-refractivity contribution in [3.63, 3.8) is 0 Å². The molecule has 0 radical (unpaired) electrons. The minimum Gasteiger partial charge on any atom is -0.468 e. The summed E-state index contributed by atoms with van der Waals surface area (Å²) in [5.41, 5.74) is 0.303. The van der Waals surface area contributed by atoms with Crippen LogP contribution in [-0.2, 0) is 19.7 Å². The lowest BCUT2D eigenvalue weighted by molar-refractivity contribution is -0.151. The number of esters is 1. The molecule has 2 unspecified atom stereocenters. The maximum atomic E-state index is 12.7. The van der Waals surface area contributed by atoms with E-state index >= 15 is 0 Å². The molecule has 1 heterocycles. The van der Waals surface area contributed by atoms with Crippen LogP contribution in [0.3, 0.4) is 0 Å². The number of hydrogen-bond acceptors (Lipinski definition) is 4. The number of nitrogens with zero attached hydrogens (tertiary/aromatic N) is 1. The largest absolute Gasteiger partial charge is 0.468 e. The summed E-state index contributed by atoms with van der Waals surface area (Å²) >= 11 is 0. The van der Waals surface area contributed by atoms with Gasteiger partial charge >= 0.3 is 5.97 Å². The summed E-state index contributed by atoms with van der Waals surface area (Å²) in [6, 6.07) is 9.84. The van der Waals surface area contributed by atoms with Crippen molar-refractivity contribution in [1.82, 2.24) is 4.90 Å². The molecular weight excluding hydrogens is 302 g/mol. The number of ketones is 1. The van der Waals surface area contributed by atoms with Crippen LogP contribution in [0.5, 0.6) is 0 Å². The Morgan fingerprint density at radius 1 is 1.21 bits per heavy atom. The summed E-state index contributed by atoms with van der Waals surface area (Å²) in [6.45, 7) is 2.92. The van der Waals surface area contributed by atoms with Gasteiger partial charge in [0.2, 0.25) is 0 Å². The van der Waals surface area contributed by atoms with E-state index in [1.807, 2.05) is 30.3 Å². The smallest absolute Gasteiger partial charge is 0.316 e. The summed E-state index contributed by atoms with van der Waals surface area (Å²) in [5.74, 6) is 0.0250. The summed E-state index contributed by atoms with van der Waals surface area (Å²) in [5, 5.41) is 0. The van der Waals surface area contributed by atoms with E-state index < -0.39 is 5.41 Å². The van der Waals surface area contributed by atoms with Gasteiger partial charge in [0.1, 0.15) is 5.78 Å². The molecule has 3 rings (SSSR count). The van der Waals surface area contributed by atoms with Crippen molar-refractivity contribution in [3.05, 3.63) is 35.9 Å². The third-order valence-electron chi connectivity index (χ3n) is 5.68. The van der Waals surface area contributed by atoms with E-state index in [2.05, 4.69) is 4.90 Å². The Hall–Kier alpha value is -1.68. The standard InChI is InChI=1S/C20H27NO3/c1-24-19(23)20(17-8-4-2-5-9-17)11-10-18(22)16(14-20)15-21-12-6-3-7-13-21/h2,4-5,8-9,16H,3,6-7,10-15H2,1H3. The highest BCUT2D eigenvalue weighted by Crippen LogP contribution is 2.42. The number of carbonyl (C=O) groups is 2. The molecule has 24 heavy (non-hydrogen) atoms. The van der Waals surface area contributed by atoms with E-state index in [4.69, 9.17) is 4.74 Å². The number of carbonyl (C=O) groups excluding carboxylic acids is 2. The molecule has 130 valence electrons.